The van der Waals surface area contributed by atoms with Crippen molar-refractivity contribution in [3.8, 4) is 0 Å². The van der Waals surface area contributed by atoms with Crippen LogP contribution in [-0.4, -0.2) is 39.7 Å². The van der Waals surface area contributed by atoms with Gasteiger partial charge in [0.25, 0.3) is 0 Å². The molecule has 1 aromatic rings. The molecule has 0 aliphatic carbocycles. The third-order valence-electron chi connectivity index (χ3n) is 3.68. The number of nitrogens with two attached hydrogens (primary N) is 1. The van der Waals surface area contributed by atoms with Gasteiger partial charge >= 0.3 is 0 Å². The highest BCUT2D eigenvalue weighted by Gasteiger charge is 2.28. The van der Waals surface area contributed by atoms with Crippen LogP contribution in [0.25, 0.3) is 0 Å². The minimum Gasteiger partial charge on any atom is -0.338 e. The monoisotopic (exact) mass is 250 g/mol. The molecular weight excluding hydrogens is 228 g/mol. The number of nitrogens with zero attached hydrogens (tertiary/aromatic N) is 3. The highest BCUT2D eigenvalue weighted by molar-refractivity contribution is 5.76. The fourth-order valence-electron chi connectivity index (χ4n) is 2.59. The summed E-state index contributed by atoms with van der Waals surface area (Å²) in [6.07, 6.45) is 6.24. The number of rotatable bonds is 4. The van der Waals surface area contributed by atoms with E-state index in [1.165, 1.54) is 0 Å². The van der Waals surface area contributed by atoms with Crippen LogP contribution in [0.5, 0.6) is 0 Å². The van der Waals surface area contributed by atoms with Crippen molar-refractivity contribution in [3.05, 3.63) is 18.5 Å². The molecule has 2 N–H and O–H groups in total. The lowest BCUT2D eigenvalue weighted by molar-refractivity contribution is -0.135. The Hall–Kier alpha value is -1.36. The van der Waals surface area contributed by atoms with Crippen LogP contribution in [0.3, 0.4) is 0 Å². The minimum atomic E-state index is 0.202. The topological polar surface area (TPSA) is 64.2 Å². The molecule has 5 nitrogen and oxygen atoms in total. The van der Waals surface area contributed by atoms with Gasteiger partial charge in [-0.3, -0.25) is 9.48 Å². The molecule has 0 spiro atoms. The molecule has 2 heterocycles. The molecule has 100 valence electrons. The predicted octanol–water partition coefficient (Wildman–Crippen LogP) is 0.859. The van der Waals surface area contributed by atoms with Crippen LogP contribution in [0, 0.1) is 5.92 Å². The average Bonchev–Trinajstić information content (AvgIpc) is 2.88. The van der Waals surface area contributed by atoms with Gasteiger partial charge in [-0.15, -0.1) is 0 Å². The number of likely N-dealkylation sites (tertiary alicyclic amines) is 1. The van der Waals surface area contributed by atoms with Crippen LogP contribution in [-0.2, 0) is 11.3 Å². The van der Waals surface area contributed by atoms with Crippen molar-refractivity contribution in [2.24, 2.45) is 11.7 Å². The first-order valence-electron chi connectivity index (χ1n) is 6.67. The summed E-state index contributed by atoms with van der Waals surface area (Å²) in [6.45, 7) is 4.29. The summed E-state index contributed by atoms with van der Waals surface area (Å²) in [5.74, 6) is 0.876. The molecule has 1 aliphatic rings. The average molecular weight is 250 g/mol. The Bertz CT molecular complexity index is 376. The molecule has 18 heavy (non-hydrogen) atoms. The summed E-state index contributed by atoms with van der Waals surface area (Å²) in [6, 6.07) is 2.09. The maximum Gasteiger partial charge on any atom is 0.224 e. The van der Waals surface area contributed by atoms with Gasteiger partial charge < -0.3 is 10.6 Å². The second kappa shape index (κ2) is 6.00. The number of carbonyl (C=O) groups excluding carboxylic acids is 1. The molecule has 0 aromatic carbocycles. The van der Waals surface area contributed by atoms with Gasteiger partial charge in [-0.2, -0.15) is 5.10 Å². The molecule has 2 rings (SSSR count). The van der Waals surface area contributed by atoms with E-state index in [0.717, 1.165) is 19.4 Å². The van der Waals surface area contributed by atoms with E-state index in [9.17, 15) is 4.79 Å². The van der Waals surface area contributed by atoms with Crippen molar-refractivity contribution in [1.82, 2.24) is 14.7 Å². The second-order valence-electron chi connectivity index (χ2n) is 5.13. The Balaban J connectivity index is 1.87. The van der Waals surface area contributed by atoms with Crippen molar-refractivity contribution in [1.29, 1.82) is 0 Å². The summed E-state index contributed by atoms with van der Waals surface area (Å²) < 4.78 is 1.79. The standard InChI is InChI=1S/C13H22N4O/c1-11-3-8-17(12(9-11)10-14)13(18)4-7-16-6-2-5-15-16/h2,5-6,11-12H,3-4,7-10,14H2,1H3. The molecule has 0 bridgehead atoms. The van der Waals surface area contributed by atoms with Gasteiger partial charge in [-0.25, -0.2) is 0 Å². The van der Waals surface area contributed by atoms with Gasteiger partial charge in [0.15, 0.2) is 0 Å². The van der Waals surface area contributed by atoms with Crippen molar-refractivity contribution in [2.75, 3.05) is 13.1 Å². The third kappa shape index (κ3) is 3.10. The van der Waals surface area contributed by atoms with Gasteiger partial charge in [0.1, 0.15) is 0 Å². The number of aromatic nitrogens is 2. The van der Waals surface area contributed by atoms with Crippen molar-refractivity contribution in [2.45, 2.75) is 38.8 Å². The van der Waals surface area contributed by atoms with Crippen molar-refractivity contribution in [3.63, 3.8) is 0 Å². The number of hydrogen-bond acceptors (Lipinski definition) is 3. The first-order valence-corrected chi connectivity index (χ1v) is 6.67. The number of amides is 1. The zero-order valence-corrected chi connectivity index (χ0v) is 11.0. The van der Waals surface area contributed by atoms with Crippen LogP contribution < -0.4 is 5.73 Å². The molecule has 2 unspecified atom stereocenters. The molecule has 1 fully saturated rings. The van der Waals surface area contributed by atoms with E-state index in [0.29, 0.717) is 25.4 Å². The van der Waals surface area contributed by atoms with E-state index in [4.69, 9.17) is 5.73 Å². The van der Waals surface area contributed by atoms with Gasteiger partial charge in [0, 0.05) is 44.5 Å². The molecule has 1 aliphatic heterocycles. The molecule has 2 atom stereocenters. The predicted molar refractivity (Wildman–Crippen MR) is 69.8 cm³/mol. The molecule has 1 saturated heterocycles. The van der Waals surface area contributed by atoms with E-state index in [1.807, 2.05) is 17.2 Å². The normalized spacial score (nSPS) is 24.2. The van der Waals surface area contributed by atoms with E-state index in [-0.39, 0.29) is 11.9 Å². The maximum atomic E-state index is 12.2. The zero-order chi connectivity index (χ0) is 13.0. The second-order valence-corrected chi connectivity index (χ2v) is 5.13. The highest BCUT2D eigenvalue weighted by Crippen LogP contribution is 2.22. The molecule has 5 heteroatoms. The summed E-state index contributed by atoms with van der Waals surface area (Å²) in [4.78, 5) is 14.2. The Kier molecular flexibility index (Phi) is 4.36. The molecular formula is C13H22N4O. The zero-order valence-electron chi connectivity index (χ0n) is 11.0. The lowest BCUT2D eigenvalue weighted by atomic mass is 9.92. The van der Waals surface area contributed by atoms with Crippen LogP contribution in [0.2, 0.25) is 0 Å². The van der Waals surface area contributed by atoms with Crippen LogP contribution >= 0.6 is 0 Å². The van der Waals surface area contributed by atoms with Crippen molar-refractivity contribution >= 4 is 5.91 Å². The number of carbonyl (C=O) groups is 1. The highest BCUT2D eigenvalue weighted by atomic mass is 16.2. The first-order chi connectivity index (χ1) is 8.70. The maximum absolute atomic E-state index is 12.2. The number of hydrogen-bond donors (Lipinski definition) is 1. The Morgan fingerprint density at radius 1 is 1.56 bits per heavy atom. The fourth-order valence-corrected chi connectivity index (χ4v) is 2.59. The van der Waals surface area contributed by atoms with Gasteiger partial charge in [-0.05, 0) is 24.8 Å². The molecule has 1 aromatic heterocycles. The Labute approximate surface area is 108 Å². The smallest absolute Gasteiger partial charge is 0.224 e. The van der Waals surface area contributed by atoms with Gasteiger partial charge in [0.05, 0.1) is 0 Å². The summed E-state index contributed by atoms with van der Waals surface area (Å²) in [7, 11) is 0. The van der Waals surface area contributed by atoms with Crippen LogP contribution in [0.1, 0.15) is 26.2 Å². The van der Waals surface area contributed by atoms with Crippen molar-refractivity contribution < 1.29 is 4.79 Å². The summed E-state index contributed by atoms with van der Waals surface area (Å²) in [5.41, 5.74) is 5.77. The van der Waals surface area contributed by atoms with E-state index in [1.54, 1.807) is 10.9 Å². The van der Waals surface area contributed by atoms with Gasteiger partial charge in [0.2, 0.25) is 5.91 Å². The third-order valence-corrected chi connectivity index (χ3v) is 3.68. The Morgan fingerprint density at radius 3 is 3.06 bits per heavy atom. The quantitative estimate of drug-likeness (QED) is 0.862. The van der Waals surface area contributed by atoms with Crippen LogP contribution in [0.15, 0.2) is 18.5 Å². The lowest BCUT2D eigenvalue weighted by Crippen LogP contribution is -2.49. The molecule has 1 amide bonds. The fraction of sp³-hybridized carbons (Fsp3) is 0.692. The molecule has 0 saturated carbocycles. The first kappa shape index (κ1) is 13.1. The van der Waals surface area contributed by atoms with E-state index in [2.05, 4.69) is 12.0 Å². The van der Waals surface area contributed by atoms with E-state index < -0.39 is 0 Å². The lowest BCUT2D eigenvalue weighted by Gasteiger charge is -2.38. The number of piperidine rings is 1. The number of aryl methyl sites for hydroxylation is 1. The van der Waals surface area contributed by atoms with Gasteiger partial charge in [-0.1, -0.05) is 6.92 Å². The SMILES string of the molecule is CC1CCN(C(=O)CCn2cccn2)C(CN)C1. The summed E-state index contributed by atoms with van der Waals surface area (Å²) >= 11 is 0. The van der Waals surface area contributed by atoms with Crippen LogP contribution in [0.4, 0.5) is 0 Å². The minimum absolute atomic E-state index is 0.202. The Morgan fingerprint density at radius 2 is 2.39 bits per heavy atom. The summed E-state index contributed by atoms with van der Waals surface area (Å²) in [5, 5.41) is 4.11. The van der Waals surface area contributed by atoms with E-state index >= 15 is 0 Å². The molecule has 0 radical (unpaired) electrons. The largest absolute Gasteiger partial charge is 0.338 e.